The van der Waals surface area contributed by atoms with Crippen molar-refractivity contribution in [3.05, 3.63) is 35.1 Å². The summed E-state index contributed by atoms with van der Waals surface area (Å²) >= 11 is 0. The van der Waals surface area contributed by atoms with Crippen LogP contribution in [0, 0.1) is 5.82 Å². The van der Waals surface area contributed by atoms with Gasteiger partial charge >= 0.3 is 0 Å². The van der Waals surface area contributed by atoms with Gasteiger partial charge in [0.15, 0.2) is 0 Å². The lowest BCUT2D eigenvalue weighted by Gasteiger charge is -2.26. The van der Waals surface area contributed by atoms with Gasteiger partial charge < -0.3 is 10.6 Å². The molecule has 1 aromatic carbocycles. The fourth-order valence-electron chi connectivity index (χ4n) is 2.72. The maximum atomic E-state index is 14.2. The van der Waals surface area contributed by atoms with Gasteiger partial charge in [-0.3, -0.25) is 9.69 Å². The highest BCUT2D eigenvalue weighted by atomic mass is 19.1. The summed E-state index contributed by atoms with van der Waals surface area (Å²) in [5.74, 6) is -0.143. The molecule has 4 nitrogen and oxygen atoms in total. The normalized spacial score (nSPS) is 19.3. The van der Waals surface area contributed by atoms with E-state index in [9.17, 15) is 9.18 Å². The number of nitrogens with zero attached hydrogens (tertiary/aromatic N) is 2. The predicted octanol–water partition coefficient (Wildman–Crippen LogP) is 1.34. The number of halogens is 1. The van der Waals surface area contributed by atoms with Crippen molar-refractivity contribution < 1.29 is 9.18 Å². The first-order valence-corrected chi connectivity index (χ1v) is 6.96. The summed E-state index contributed by atoms with van der Waals surface area (Å²) in [6.45, 7) is 1.49. The van der Waals surface area contributed by atoms with Crippen molar-refractivity contribution in [2.75, 3.05) is 20.6 Å². The second-order valence-electron chi connectivity index (χ2n) is 5.46. The highest BCUT2D eigenvalue weighted by Gasteiger charge is 2.32. The van der Waals surface area contributed by atoms with Gasteiger partial charge in [0.05, 0.1) is 6.04 Å². The molecule has 0 aromatic heterocycles. The fourth-order valence-corrected chi connectivity index (χ4v) is 2.72. The van der Waals surface area contributed by atoms with Crippen LogP contribution in [0.2, 0.25) is 0 Å². The van der Waals surface area contributed by atoms with Gasteiger partial charge in [-0.05, 0) is 19.4 Å². The quantitative estimate of drug-likeness (QED) is 0.905. The Balaban J connectivity index is 2.15. The molecule has 2 N–H and O–H groups in total. The van der Waals surface area contributed by atoms with E-state index >= 15 is 0 Å². The third kappa shape index (κ3) is 2.99. The molecule has 2 rings (SSSR count). The van der Waals surface area contributed by atoms with Gasteiger partial charge in [0, 0.05) is 38.3 Å². The molecular weight excluding hydrogens is 257 g/mol. The Bertz CT molecular complexity index is 490. The molecular formula is C15H22FN3O. The number of amides is 1. The lowest BCUT2D eigenvalue weighted by Crippen LogP contribution is -2.42. The molecule has 1 fully saturated rings. The van der Waals surface area contributed by atoms with E-state index < -0.39 is 0 Å². The molecule has 110 valence electrons. The van der Waals surface area contributed by atoms with Gasteiger partial charge in [-0.15, -0.1) is 0 Å². The van der Waals surface area contributed by atoms with E-state index in [0.717, 1.165) is 19.4 Å². The van der Waals surface area contributed by atoms with Crippen molar-refractivity contribution in [1.82, 2.24) is 9.80 Å². The molecule has 1 aliphatic rings. The van der Waals surface area contributed by atoms with E-state index in [0.29, 0.717) is 17.7 Å². The molecule has 0 saturated carbocycles. The molecule has 0 bridgehead atoms. The van der Waals surface area contributed by atoms with Crippen LogP contribution in [-0.2, 0) is 17.9 Å². The van der Waals surface area contributed by atoms with Crippen LogP contribution >= 0.6 is 0 Å². The minimum Gasteiger partial charge on any atom is -0.347 e. The standard InChI is InChI=1S/C15H22FN3O/c1-18(2)15(20)13-7-4-8-19(13)10-12-6-3-5-11(9-17)14(12)16/h3,5-6,13H,4,7-10,17H2,1-2H3. The molecule has 20 heavy (non-hydrogen) atoms. The Morgan fingerprint density at radius 2 is 2.15 bits per heavy atom. The Hall–Kier alpha value is -1.46. The molecule has 1 aliphatic heterocycles. The van der Waals surface area contributed by atoms with Crippen LogP contribution in [0.3, 0.4) is 0 Å². The Labute approximate surface area is 119 Å². The Kier molecular flexibility index (Phi) is 4.73. The minimum absolute atomic E-state index is 0.0953. The van der Waals surface area contributed by atoms with Gasteiger partial charge in [-0.1, -0.05) is 18.2 Å². The zero-order chi connectivity index (χ0) is 14.7. The van der Waals surface area contributed by atoms with Crippen LogP contribution in [0.1, 0.15) is 24.0 Å². The summed E-state index contributed by atoms with van der Waals surface area (Å²) in [5, 5.41) is 0. The molecule has 1 heterocycles. The molecule has 0 radical (unpaired) electrons. The lowest BCUT2D eigenvalue weighted by molar-refractivity contribution is -0.133. The molecule has 1 atom stereocenters. The van der Waals surface area contributed by atoms with Gasteiger partial charge in [0.1, 0.15) is 5.82 Å². The van der Waals surface area contributed by atoms with Crippen LogP contribution in [0.15, 0.2) is 18.2 Å². The van der Waals surface area contributed by atoms with E-state index in [1.54, 1.807) is 31.1 Å². The van der Waals surface area contributed by atoms with Crippen LogP contribution in [0.4, 0.5) is 4.39 Å². The number of rotatable bonds is 4. The van der Waals surface area contributed by atoms with E-state index in [1.807, 2.05) is 6.07 Å². The molecule has 1 unspecified atom stereocenters. The minimum atomic E-state index is -0.238. The number of likely N-dealkylation sites (N-methyl/N-ethyl adjacent to an activating group) is 1. The van der Waals surface area contributed by atoms with E-state index in [4.69, 9.17) is 5.73 Å². The molecule has 0 spiro atoms. The maximum absolute atomic E-state index is 14.2. The second-order valence-corrected chi connectivity index (χ2v) is 5.46. The van der Waals surface area contributed by atoms with Crippen molar-refractivity contribution in [3.63, 3.8) is 0 Å². The summed E-state index contributed by atoms with van der Waals surface area (Å²) < 4.78 is 14.2. The van der Waals surface area contributed by atoms with Crippen molar-refractivity contribution in [1.29, 1.82) is 0 Å². The molecule has 5 heteroatoms. The number of benzene rings is 1. The lowest BCUT2D eigenvalue weighted by atomic mass is 10.1. The highest BCUT2D eigenvalue weighted by Crippen LogP contribution is 2.23. The number of carbonyl (C=O) groups is 1. The SMILES string of the molecule is CN(C)C(=O)C1CCCN1Cc1cccc(CN)c1F. The van der Waals surface area contributed by atoms with Gasteiger partial charge in [-0.25, -0.2) is 4.39 Å². The highest BCUT2D eigenvalue weighted by molar-refractivity contribution is 5.81. The van der Waals surface area contributed by atoms with E-state index in [1.165, 1.54) is 0 Å². The van der Waals surface area contributed by atoms with Crippen molar-refractivity contribution in [2.45, 2.75) is 32.0 Å². The maximum Gasteiger partial charge on any atom is 0.239 e. The third-order valence-electron chi connectivity index (χ3n) is 3.84. The summed E-state index contributed by atoms with van der Waals surface area (Å²) in [4.78, 5) is 15.8. The summed E-state index contributed by atoms with van der Waals surface area (Å²) in [6.07, 6.45) is 1.82. The average Bonchev–Trinajstić information content (AvgIpc) is 2.88. The monoisotopic (exact) mass is 279 g/mol. The zero-order valence-corrected chi connectivity index (χ0v) is 12.1. The Morgan fingerprint density at radius 1 is 1.45 bits per heavy atom. The third-order valence-corrected chi connectivity index (χ3v) is 3.84. The smallest absolute Gasteiger partial charge is 0.239 e. The van der Waals surface area contributed by atoms with Crippen molar-refractivity contribution >= 4 is 5.91 Å². The van der Waals surface area contributed by atoms with Gasteiger partial charge in [0.25, 0.3) is 0 Å². The van der Waals surface area contributed by atoms with E-state index in [2.05, 4.69) is 4.90 Å². The molecule has 1 aromatic rings. The van der Waals surface area contributed by atoms with E-state index in [-0.39, 0.29) is 24.3 Å². The molecule has 1 saturated heterocycles. The first-order chi connectivity index (χ1) is 9.54. The first kappa shape index (κ1) is 14.9. The average molecular weight is 279 g/mol. The number of hydrogen-bond acceptors (Lipinski definition) is 3. The van der Waals surface area contributed by atoms with Crippen LogP contribution in [-0.4, -0.2) is 42.4 Å². The number of carbonyl (C=O) groups excluding carboxylic acids is 1. The van der Waals surface area contributed by atoms with Crippen LogP contribution < -0.4 is 5.73 Å². The van der Waals surface area contributed by atoms with Gasteiger partial charge in [0.2, 0.25) is 5.91 Å². The predicted molar refractivity (Wildman–Crippen MR) is 76.4 cm³/mol. The number of nitrogens with two attached hydrogens (primary N) is 1. The largest absolute Gasteiger partial charge is 0.347 e. The summed E-state index contributed by atoms with van der Waals surface area (Å²) in [5.41, 5.74) is 6.67. The topological polar surface area (TPSA) is 49.6 Å². The number of likely N-dealkylation sites (tertiary alicyclic amines) is 1. The van der Waals surface area contributed by atoms with Crippen LogP contribution in [0.5, 0.6) is 0 Å². The van der Waals surface area contributed by atoms with Crippen molar-refractivity contribution in [3.8, 4) is 0 Å². The Morgan fingerprint density at radius 3 is 2.80 bits per heavy atom. The number of hydrogen-bond donors (Lipinski definition) is 1. The second kappa shape index (κ2) is 6.33. The summed E-state index contributed by atoms with van der Waals surface area (Å²) in [7, 11) is 3.52. The van der Waals surface area contributed by atoms with Crippen molar-refractivity contribution in [2.24, 2.45) is 5.73 Å². The zero-order valence-electron chi connectivity index (χ0n) is 12.1. The van der Waals surface area contributed by atoms with Gasteiger partial charge in [-0.2, -0.15) is 0 Å². The summed E-state index contributed by atoms with van der Waals surface area (Å²) in [6, 6.07) is 5.15. The fraction of sp³-hybridized carbons (Fsp3) is 0.533. The first-order valence-electron chi connectivity index (χ1n) is 6.96. The molecule has 1 amide bonds. The molecule has 0 aliphatic carbocycles. The van der Waals surface area contributed by atoms with Crippen LogP contribution in [0.25, 0.3) is 0 Å².